The van der Waals surface area contributed by atoms with E-state index in [2.05, 4.69) is 24.3 Å². The van der Waals surface area contributed by atoms with Gasteiger partial charge in [-0.3, -0.25) is 4.90 Å². The van der Waals surface area contributed by atoms with Crippen molar-refractivity contribution in [2.75, 3.05) is 13.2 Å². The van der Waals surface area contributed by atoms with Crippen LogP contribution in [0.4, 0.5) is 4.79 Å². The van der Waals surface area contributed by atoms with Gasteiger partial charge in [0, 0.05) is 12.5 Å². The standard InChI is InChI=1S/C25H21NO4/c27-24(28)23-17-8-2-1-7-16(17)13-14-26(23)25(29)30-15-22-20-11-5-3-9-18(20)19-10-4-6-12-21(19)22/h1-12,22-23H,13-15H2,(H,27,28)/p-1/t23-/m1/s1. The van der Waals surface area contributed by atoms with Gasteiger partial charge in [0.15, 0.2) is 0 Å². The highest BCUT2D eigenvalue weighted by Gasteiger charge is 2.34. The summed E-state index contributed by atoms with van der Waals surface area (Å²) in [7, 11) is 0. The third kappa shape index (κ3) is 2.94. The van der Waals surface area contributed by atoms with Gasteiger partial charge in [0.1, 0.15) is 12.6 Å². The molecule has 0 saturated heterocycles. The average Bonchev–Trinajstić information content (AvgIpc) is 3.10. The monoisotopic (exact) mass is 398 g/mol. The van der Waals surface area contributed by atoms with E-state index in [9.17, 15) is 14.7 Å². The van der Waals surface area contributed by atoms with Gasteiger partial charge in [0.25, 0.3) is 0 Å². The number of ether oxygens (including phenoxy) is 1. The number of rotatable bonds is 3. The largest absolute Gasteiger partial charge is 0.548 e. The number of carbonyl (C=O) groups is 2. The lowest BCUT2D eigenvalue weighted by Gasteiger charge is -2.37. The van der Waals surface area contributed by atoms with Crippen LogP contribution in [0.25, 0.3) is 11.1 Å². The summed E-state index contributed by atoms with van der Waals surface area (Å²) in [6.45, 7) is 0.442. The Balaban J connectivity index is 1.39. The topological polar surface area (TPSA) is 69.7 Å². The molecule has 150 valence electrons. The van der Waals surface area contributed by atoms with E-state index in [-0.39, 0.29) is 19.1 Å². The van der Waals surface area contributed by atoms with Crippen molar-refractivity contribution in [3.8, 4) is 11.1 Å². The van der Waals surface area contributed by atoms with Crippen LogP contribution >= 0.6 is 0 Å². The highest BCUT2D eigenvalue weighted by atomic mass is 16.6. The van der Waals surface area contributed by atoms with Crippen LogP contribution in [0, 0.1) is 0 Å². The first-order chi connectivity index (χ1) is 14.6. The summed E-state index contributed by atoms with van der Waals surface area (Å²) < 4.78 is 5.67. The van der Waals surface area contributed by atoms with E-state index in [1.807, 2.05) is 36.4 Å². The number of carboxylic acids is 1. The third-order valence-corrected chi connectivity index (χ3v) is 6.08. The van der Waals surface area contributed by atoms with Crippen LogP contribution in [0.1, 0.15) is 34.2 Å². The van der Waals surface area contributed by atoms with Gasteiger partial charge >= 0.3 is 6.09 Å². The number of nitrogens with zero attached hydrogens (tertiary/aromatic N) is 1. The molecule has 0 N–H and O–H groups in total. The van der Waals surface area contributed by atoms with E-state index in [4.69, 9.17) is 4.74 Å². The zero-order chi connectivity index (χ0) is 20.7. The maximum atomic E-state index is 12.9. The number of hydrogen-bond acceptors (Lipinski definition) is 4. The molecule has 1 atom stereocenters. The number of amides is 1. The van der Waals surface area contributed by atoms with Crippen molar-refractivity contribution in [3.63, 3.8) is 0 Å². The van der Waals surface area contributed by atoms with Crippen molar-refractivity contribution >= 4 is 12.1 Å². The molecule has 3 aromatic rings. The Morgan fingerprint density at radius 2 is 1.43 bits per heavy atom. The molecule has 30 heavy (non-hydrogen) atoms. The Bertz CT molecular complexity index is 1090. The summed E-state index contributed by atoms with van der Waals surface area (Å²) in [5.74, 6) is -1.37. The zero-order valence-corrected chi connectivity index (χ0v) is 16.3. The van der Waals surface area contributed by atoms with Crippen LogP contribution in [-0.4, -0.2) is 30.1 Å². The van der Waals surface area contributed by atoms with Crippen molar-refractivity contribution in [1.82, 2.24) is 4.90 Å². The number of benzene rings is 3. The average molecular weight is 398 g/mol. The van der Waals surface area contributed by atoms with Crippen molar-refractivity contribution in [2.24, 2.45) is 0 Å². The minimum atomic E-state index is -1.30. The Kier molecular flexibility index (Phi) is 4.51. The maximum absolute atomic E-state index is 12.9. The quantitative estimate of drug-likeness (QED) is 0.679. The molecule has 0 bridgehead atoms. The normalized spacial score (nSPS) is 17.1. The molecule has 1 aliphatic heterocycles. The van der Waals surface area contributed by atoms with Crippen LogP contribution < -0.4 is 5.11 Å². The third-order valence-electron chi connectivity index (χ3n) is 6.08. The predicted octanol–water partition coefficient (Wildman–Crippen LogP) is 3.28. The summed E-state index contributed by atoms with van der Waals surface area (Å²) in [6.07, 6.45) is -0.0370. The van der Waals surface area contributed by atoms with Crippen molar-refractivity contribution in [3.05, 3.63) is 95.1 Å². The number of hydrogen-bond donors (Lipinski definition) is 0. The SMILES string of the molecule is O=C([O-])[C@H]1c2ccccc2CCN1C(=O)OCC1c2ccccc2-c2ccccc21. The molecule has 0 fully saturated rings. The Hall–Kier alpha value is -3.60. The minimum absolute atomic E-state index is 0.0696. The van der Waals surface area contributed by atoms with Crippen LogP contribution in [0.2, 0.25) is 0 Å². The predicted molar refractivity (Wildman–Crippen MR) is 110 cm³/mol. The second-order valence-corrected chi connectivity index (χ2v) is 7.67. The van der Waals surface area contributed by atoms with E-state index in [1.54, 1.807) is 12.1 Å². The van der Waals surface area contributed by atoms with Gasteiger partial charge in [-0.05, 0) is 39.8 Å². The smallest absolute Gasteiger partial charge is 0.410 e. The van der Waals surface area contributed by atoms with Crippen LogP contribution in [-0.2, 0) is 16.0 Å². The van der Waals surface area contributed by atoms with Crippen LogP contribution in [0.5, 0.6) is 0 Å². The molecule has 0 spiro atoms. The summed E-state index contributed by atoms with van der Waals surface area (Å²) in [4.78, 5) is 26.0. The molecule has 0 unspecified atom stereocenters. The highest BCUT2D eigenvalue weighted by molar-refractivity contribution is 5.82. The van der Waals surface area contributed by atoms with E-state index < -0.39 is 18.1 Å². The van der Waals surface area contributed by atoms with Gasteiger partial charge < -0.3 is 14.6 Å². The highest BCUT2D eigenvalue weighted by Crippen LogP contribution is 2.44. The molecule has 5 heteroatoms. The second-order valence-electron chi connectivity index (χ2n) is 7.67. The van der Waals surface area contributed by atoms with Crippen LogP contribution in [0.3, 0.4) is 0 Å². The molecule has 5 nitrogen and oxygen atoms in total. The minimum Gasteiger partial charge on any atom is -0.548 e. The number of carboxylic acid groups (broad SMARTS) is 1. The molecular formula is C25H20NO4-. The fraction of sp³-hybridized carbons (Fsp3) is 0.200. The summed E-state index contributed by atoms with van der Waals surface area (Å²) in [6, 6.07) is 22.3. The number of carbonyl (C=O) groups excluding carboxylic acids is 2. The molecule has 3 aromatic carbocycles. The van der Waals surface area contributed by atoms with Gasteiger partial charge in [-0.25, -0.2) is 4.79 Å². The van der Waals surface area contributed by atoms with Crippen molar-refractivity contribution < 1.29 is 19.4 Å². The lowest BCUT2D eigenvalue weighted by molar-refractivity contribution is -0.312. The van der Waals surface area contributed by atoms with Crippen molar-refractivity contribution in [2.45, 2.75) is 18.4 Å². The molecular weight excluding hydrogens is 378 g/mol. The molecule has 0 radical (unpaired) electrons. The first-order valence-electron chi connectivity index (χ1n) is 10.1. The first-order valence-corrected chi connectivity index (χ1v) is 10.1. The fourth-order valence-corrected chi connectivity index (χ4v) is 4.69. The van der Waals surface area contributed by atoms with Gasteiger partial charge in [-0.15, -0.1) is 0 Å². The summed E-state index contributed by atoms with van der Waals surface area (Å²) >= 11 is 0. The summed E-state index contributed by atoms with van der Waals surface area (Å²) in [5.41, 5.74) is 6.05. The molecule has 0 aromatic heterocycles. The van der Waals surface area contributed by atoms with Crippen LogP contribution in [0.15, 0.2) is 72.8 Å². The zero-order valence-electron chi connectivity index (χ0n) is 16.3. The van der Waals surface area contributed by atoms with Crippen molar-refractivity contribution in [1.29, 1.82) is 0 Å². The lowest BCUT2D eigenvalue weighted by atomic mass is 9.93. The Labute approximate surface area is 174 Å². The lowest BCUT2D eigenvalue weighted by Crippen LogP contribution is -2.48. The molecule has 1 aliphatic carbocycles. The van der Waals surface area contributed by atoms with E-state index in [0.717, 1.165) is 27.8 Å². The second kappa shape index (κ2) is 7.34. The van der Waals surface area contributed by atoms with Gasteiger partial charge in [-0.1, -0.05) is 72.8 Å². The van der Waals surface area contributed by atoms with Gasteiger partial charge in [0.2, 0.25) is 0 Å². The van der Waals surface area contributed by atoms with E-state index in [1.165, 1.54) is 4.90 Å². The molecule has 1 heterocycles. The molecule has 1 amide bonds. The van der Waals surface area contributed by atoms with Gasteiger partial charge in [0.05, 0.1) is 5.97 Å². The molecule has 5 rings (SSSR count). The first kappa shape index (κ1) is 18.4. The maximum Gasteiger partial charge on any atom is 0.410 e. The van der Waals surface area contributed by atoms with E-state index in [0.29, 0.717) is 12.0 Å². The molecule has 0 saturated carbocycles. The number of fused-ring (bicyclic) bond motifs is 4. The molecule has 2 aliphatic rings. The Morgan fingerprint density at radius 1 is 0.867 bits per heavy atom. The van der Waals surface area contributed by atoms with E-state index >= 15 is 0 Å². The fourth-order valence-electron chi connectivity index (χ4n) is 4.69. The van der Waals surface area contributed by atoms with Gasteiger partial charge in [-0.2, -0.15) is 0 Å². The number of aliphatic carboxylic acids is 1. The summed E-state index contributed by atoms with van der Waals surface area (Å²) in [5, 5.41) is 11.9. The Morgan fingerprint density at radius 3 is 2.07 bits per heavy atom.